The number of nitrogens with zero attached hydrogens (tertiary/aromatic N) is 2. The molecule has 1 aromatic heterocycles. The highest BCUT2D eigenvalue weighted by atomic mass is 15.1. The van der Waals surface area contributed by atoms with E-state index in [9.17, 15) is 0 Å². The van der Waals surface area contributed by atoms with Crippen molar-refractivity contribution in [2.75, 3.05) is 7.05 Å². The van der Waals surface area contributed by atoms with Crippen LogP contribution in [0.4, 0.5) is 0 Å². The molecule has 1 heterocycles. The molecule has 0 radical (unpaired) electrons. The van der Waals surface area contributed by atoms with E-state index in [2.05, 4.69) is 22.4 Å². The van der Waals surface area contributed by atoms with Crippen molar-refractivity contribution in [1.29, 1.82) is 0 Å². The molecule has 0 spiro atoms. The van der Waals surface area contributed by atoms with Crippen LogP contribution in [0.5, 0.6) is 0 Å². The lowest BCUT2D eigenvalue weighted by molar-refractivity contribution is 0.534. The van der Waals surface area contributed by atoms with Gasteiger partial charge in [0.1, 0.15) is 0 Å². The number of rotatable bonds is 4. The fourth-order valence-electron chi connectivity index (χ4n) is 1.15. The summed E-state index contributed by atoms with van der Waals surface area (Å²) in [5.74, 6) is 0. The minimum Gasteiger partial charge on any atom is -0.317 e. The predicted molar refractivity (Wildman–Crippen MR) is 48.9 cm³/mol. The molecule has 12 heavy (non-hydrogen) atoms. The molecule has 0 fully saturated rings. The van der Waals surface area contributed by atoms with Crippen LogP contribution in [0, 0.1) is 0 Å². The fraction of sp³-hybridized carbons (Fsp3) is 0.556. The zero-order valence-corrected chi connectivity index (χ0v) is 7.62. The molecule has 0 aliphatic rings. The SMILES string of the molecule is CCC(Cc1cccnn1)NC. The molecule has 1 unspecified atom stereocenters. The molecule has 1 aromatic rings. The van der Waals surface area contributed by atoms with E-state index in [0.717, 1.165) is 18.5 Å². The van der Waals surface area contributed by atoms with E-state index in [0.29, 0.717) is 6.04 Å². The number of nitrogens with one attached hydrogen (secondary N) is 1. The molecule has 0 aliphatic carbocycles. The highest BCUT2D eigenvalue weighted by molar-refractivity contribution is 5.01. The average molecular weight is 165 g/mol. The Balaban J connectivity index is 2.51. The molecule has 1 atom stereocenters. The third-order valence-corrected chi connectivity index (χ3v) is 1.98. The summed E-state index contributed by atoms with van der Waals surface area (Å²) >= 11 is 0. The van der Waals surface area contributed by atoms with Crippen LogP contribution in [0.3, 0.4) is 0 Å². The van der Waals surface area contributed by atoms with Gasteiger partial charge in [-0.15, -0.1) is 0 Å². The maximum Gasteiger partial charge on any atom is 0.0646 e. The van der Waals surface area contributed by atoms with Crippen LogP contribution in [0.1, 0.15) is 19.0 Å². The van der Waals surface area contributed by atoms with E-state index < -0.39 is 0 Å². The standard InChI is InChI=1S/C9H15N3/c1-3-8(10-2)7-9-5-4-6-11-12-9/h4-6,8,10H,3,7H2,1-2H3. The van der Waals surface area contributed by atoms with Gasteiger partial charge in [-0.3, -0.25) is 0 Å². The van der Waals surface area contributed by atoms with Crippen molar-refractivity contribution in [3.63, 3.8) is 0 Å². The van der Waals surface area contributed by atoms with Gasteiger partial charge in [-0.25, -0.2) is 0 Å². The Morgan fingerprint density at radius 3 is 2.92 bits per heavy atom. The van der Waals surface area contributed by atoms with Crippen molar-refractivity contribution in [2.24, 2.45) is 0 Å². The zero-order valence-electron chi connectivity index (χ0n) is 7.62. The second-order valence-corrected chi connectivity index (χ2v) is 2.81. The highest BCUT2D eigenvalue weighted by Gasteiger charge is 2.04. The minimum absolute atomic E-state index is 0.515. The zero-order chi connectivity index (χ0) is 8.81. The van der Waals surface area contributed by atoms with Gasteiger partial charge in [-0.2, -0.15) is 10.2 Å². The Morgan fingerprint density at radius 2 is 2.42 bits per heavy atom. The lowest BCUT2D eigenvalue weighted by Crippen LogP contribution is -2.26. The van der Waals surface area contributed by atoms with Crippen LogP contribution in [-0.4, -0.2) is 23.3 Å². The summed E-state index contributed by atoms with van der Waals surface area (Å²) in [5.41, 5.74) is 1.05. The second kappa shape index (κ2) is 4.83. The van der Waals surface area contributed by atoms with Crippen LogP contribution < -0.4 is 5.32 Å². The van der Waals surface area contributed by atoms with E-state index in [4.69, 9.17) is 0 Å². The van der Waals surface area contributed by atoms with Crippen LogP contribution in [0.2, 0.25) is 0 Å². The van der Waals surface area contributed by atoms with E-state index >= 15 is 0 Å². The molecule has 3 heteroatoms. The Kier molecular flexibility index (Phi) is 3.67. The van der Waals surface area contributed by atoms with Crippen LogP contribution in [-0.2, 0) is 6.42 Å². The Hall–Kier alpha value is -0.960. The predicted octanol–water partition coefficient (Wildman–Crippen LogP) is 1.02. The molecule has 0 amide bonds. The van der Waals surface area contributed by atoms with Gasteiger partial charge >= 0.3 is 0 Å². The number of likely N-dealkylation sites (N-methyl/N-ethyl adjacent to an activating group) is 1. The minimum atomic E-state index is 0.515. The summed E-state index contributed by atoms with van der Waals surface area (Å²) in [6.45, 7) is 2.16. The molecule has 1 N–H and O–H groups in total. The first-order valence-corrected chi connectivity index (χ1v) is 4.30. The highest BCUT2D eigenvalue weighted by Crippen LogP contribution is 2.00. The monoisotopic (exact) mass is 165 g/mol. The first-order chi connectivity index (χ1) is 5.86. The Bertz CT molecular complexity index is 206. The topological polar surface area (TPSA) is 37.8 Å². The summed E-state index contributed by atoms with van der Waals surface area (Å²) in [6.07, 6.45) is 3.78. The Morgan fingerprint density at radius 1 is 1.58 bits per heavy atom. The maximum absolute atomic E-state index is 4.02. The van der Waals surface area contributed by atoms with Gasteiger partial charge in [0.2, 0.25) is 0 Å². The van der Waals surface area contributed by atoms with Gasteiger partial charge in [0, 0.05) is 18.7 Å². The number of hydrogen-bond acceptors (Lipinski definition) is 3. The molecular weight excluding hydrogens is 150 g/mol. The van der Waals surface area contributed by atoms with Gasteiger partial charge in [0.15, 0.2) is 0 Å². The molecule has 0 saturated carbocycles. The molecule has 1 rings (SSSR count). The first kappa shape index (κ1) is 9.13. The lowest BCUT2D eigenvalue weighted by Gasteiger charge is -2.11. The lowest BCUT2D eigenvalue weighted by atomic mass is 10.1. The van der Waals surface area contributed by atoms with Gasteiger partial charge in [-0.1, -0.05) is 6.92 Å². The third-order valence-electron chi connectivity index (χ3n) is 1.98. The summed E-state index contributed by atoms with van der Waals surface area (Å²) in [7, 11) is 1.98. The van der Waals surface area contributed by atoms with Crippen molar-refractivity contribution in [1.82, 2.24) is 15.5 Å². The molecule has 0 aromatic carbocycles. The first-order valence-electron chi connectivity index (χ1n) is 4.30. The van der Waals surface area contributed by atoms with Crippen molar-refractivity contribution >= 4 is 0 Å². The van der Waals surface area contributed by atoms with Gasteiger partial charge in [0.25, 0.3) is 0 Å². The van der Waals surface area contributed by atoms with Gasteiger partial charge in [-0.05, 0) is 25.6 Å². The maximum atomic E-state index is 4.02. The van der Waals surface area contributed by atoms with E-state index in [-0.39, 0.29) is 0 Å². The number of hydrogen-bond donors (Lipinski definition) is 1. The van der Waals surface area contributed by atoms with Gasteiger partial charge in [0.05, 0.1) is 5.69 Å². The number of aromatic nitrogens is 2. The van der Waals surface area contributed by atoms with E-state index in [1.165, 1.54) is 0 Å². The van der Waals surface area contributed by atoms with Crippen LogP contribution >= 0.6 is 0 Å². The molecular formula is C9H15N3. The van der Waals surface area contributed by atoms with Crippen LogP contribution in [0.25, 0.3) is 0 Å². The Labute approximate surface area is 73.2 Å². The molecule has 0 bridgehead atoms. The van der Waals surface area contributed by atoms with Crippen LogP contribution in [0.15, 0.2) is 18.3 Å². The van der Waals surface area contributed by atoms with Crippen molar-refractivity contribution in [3.05, 3.63) is 24.0 Å². The van der Waals surface area contributed by atoms with Crippen molar-refractivity contribution < 1.29 is 0 Å². The average Bonchev–Trinajstić information content (AvgIpc) is 2.16. The molecule has 3 nitrogen and oxygen atoms in total. The van der Waals surface area contributed by atoms with E-state index in [1.807, 2.05) is 19.2 Å². The normalized spacial score (nSPS) is 12.8. The second-order valence-electron chi connectivity index (χ2n) is 2.81. The quantitative estimate of drug-likeness (QED) is 0.723. The molecule has 66 valence electrons. The smallest absolute Gasteiger partial charge is 0.0646 e. The summed E-state index contributed by atoms with van der Waals surface area (Å²) < 4.78 is 0. The van der Waals surface area contributed by atoms with Gasteiger partial charge < -0.3 is 5.32 Å². The largest absolute Gasteiger partial charge is 0.317 e. The summed E-state index contributed by atoms with van der Waals surface area (Å²) in [4.78, 5) is 0. The van der Waals surface area contributed by atoms with E-state index in [1.54, 1.807) is 6.20 Å². The third kappa shape index (κ3) is 2.58. The summed E-state index contributed by atoms with van der Waals surface area (Å²) in [5, 5.41) is 11.1. The fourth-order valence-corrected chi connectivity index (χ4v) is 1.15. The molecule has 0 aliphatic heterocycles. The van der Waals surface area contributed by atoms with Crippen molar-refractivity contribution in [2.45, 2.75) is 25.8 Å². The van der Waals surface area contributed by atoms with Crippen molar-refractivity contribution in [3.8, 4) is 0 Å². The molecule has 0 saturated heterocycles. The summed E-state index contributed by atoms with van der Waals surface area (Å²) in [6, 6.07) is 4.44.